The zero-order valence-corrected chi connectivity index (χ0v) is 13.3. The molecule has 2 aromatic rings. The molecule has 0 aliphatic rings. The molecule has 0 bridgehead atoms. The smallest absolute Gasteiger partial charge is 0.341 e. The molecule has 1 aromatic heterocycles. The van der Waals surface area contributed by atoms with Crippen LogP contribution < -0.4 is 0 Å². The standard InChI is InChI=1S/C15H17BrN2O2/c1-4-20-15(19)13-9-17-18(14(13)10(2)3)12-7-5-6-11(16)8-12/h5-10H,4H2,1-3H3. The highest BCUT2D eigenvalue weighted by Crippen LogP contribution is 2.25. The summed E-state index contributed by atoms with van der Waals surface area (Å²) in [4.78, 5) is 12.0. The van der Waals surface area contributed by atoms with Gasteiger partial charge < -0.3 is 4.74 Å². The van der Waals surface area contributed by atoms with Gasteiger partial charge in [0.2, 0.25) is 0 Å². The Kier molecular flexibility index (Phi) is 4.60. The Morgan fingerprint density at radius 1 is 1.45 bits per heavy atom. The maximum absolute atomic E-state index is 12.0. The van der Waals surface area contributed by atoms with E-state index in [0.29, 0.717) is 12.2 Å². The molecule has 0 spiro atoms. The van der Waals surface area contributed by atoms with Gasteiger partial charge >= 0.3 is 5.97 Å². The topological polar surface area (TPSA) is 44.1 Å². The number of carbonyl (C=O) groups is 1. The van der Waals surface area contributed by atoms with Crippen molar-refractivity contribution in [1.82, 2.24) is 9.78 Å². The molecule has 0 saturated heterocycles. The maximum Gasteiger partial charge on any atom is 0.341 e. The van der Waals surface area contributed by atoms with Crippen LogP contribution in [0.1, 0.15) is 42.7 Å². The van der Waals surface area contributed by atoms with Gasteiger partial charge in [0.05, 0.1) is 24.2 Å². The lowest BCUT2D eigenvalue weighted by molar-refractivity contribution is 0.0524. The Morgan fingerprint density at radius 2 is 2.20 bits per heavy atom. The summed E-state index contributed by atoms with van der Waals surface area (Å²) < 4.78 is 7.85. The molecule has 2 rings (SSSR count). The van der Waals surface area contributed by atoms with Crippen molar-refractivity contribution < 1.29 is 9.53 Å². The maximum atomic E-state index is 12.0. The van der Waals surface area contributed by atoms with Crippen LogP contribution in [-0.4, -0.2) is 22.4 Å². The van der Waals surface area contributed by atoms with Crippen molar-refractivity contribution in [2.45, 2.75) is 26.7 Å². The SMILES string of the molecule is CCOC(=O)c1cnn(-c2cccc(Br)c2)c1C(C)C. The van der Waals surface area contributed by atoms with E-state index >= 15 is 0 Å². The Morgan fingerprint density at radius 3 is 2.80 bits per heavy atom. The van der Waals surface area contributed by atoms with Crippen LogP contribution in [0.3, 0.4) is 0 Å². The highest BCUT2D eigenvalue weighted by atomic mass is 79.9. The molecule has 106 valence electrons. The first-order chi connectivity index (χ1) is 9.54. The quantitative estimate of drug-likeness (QED) is 0.794. The molecule has 0 fully saturated rings. The second-order valence-corrected chi connectivity index (χ2v) is 5.63. The fourth-order valence-electron chi connectivity index (χ4n) is 2.09. The summed E-state index contributed by atoms with van der Waals surface area (Å²) in [6.07, 6.45) is 1.58. The molecule has 5 heteroatoms. The lowest BCUT2D eigenvalue weighted by Crippen LogP contribution is -2.11. The zero-order valence-electron chi connectivity index (χ0n) is 11.8. The summed E-state index contributed by atoms with van der Waals surface area (Å²) in [5, 5.41) is 4.35. The summed E-state index contributed by atoms with van der Waals surface area (Å²) in [5.74, 6) is -0.159. The third kappa shape index (κ3) is 2.93. The summed E-state index contributed by atoms with van der Waals surface area (Å²) in [5.41, 5.74) is 2.31. The third-order valence-corrected chi connectivity index (χ3v) is 3.39. The third-order valence-electron chi connectivity index (χ3n) is 2.90. The molecule has 0 radical (unpaired) electrons. The highest BCUT2D eigenvalue weighted by molar-refractivity contribution is 9.10. The number of aromatic nitrogens is 2. The van der Waals surface area contributed by atoms with Crippen LogP contribution >= 0.6 is 15.9 Å². The van der Waals surface area contributed by atoms with Gasteiger partial charge in [0.25, 0.3) is 0 Å². The van der Waals surface area contributed by atoms with Crippen LogP contribution in [0.25, 0.3) is 5.69 Å². The van der Waals surface area contributed by atoms with E-state index in [9.17, 15) is 4.79 Å². The Bertz CT molecular complexity index is 620. The number of esters is 1. The van der Waals surface area contributed by atoms with Gasteiger partial charge in [-0.3, -0.25) is 0 Å². The zero-order chi connectivity index (χ0) is 14.7. The van der Waals surface area contributed by atoms with E-state index in [1.54, 1.807) is 17.8 Å². The van der Waals surface area contributed by atoms with Crippen molar-refractivity contribution >= 4 is 21.9 Å². The molecule has 4 nitrogen and oxygen atoms in total. The largest absolute Gasteiger partial charge is 0.462 e. The summed E-state index contributed by atoms with van der Waals surface area (Å²) in [6, 6.07) is 7.82. The monoisotopic (exact) mass is 336 g/mol. The number of halogens is 1. The van der Waals surface area contributed by atoms with E-state index in [2.05, 4.69) is 21.0 Å². The minimum absolute atomic E-state index is 0.163. The Labute approximate surface area is 126 Å². The van der Waals surface area contributed by atoms with Crippen LogP contribution in [0.4, 0.5) is 0 Å². The predicted molar refractivity (Wildman–Crippen MR) is 81.3 cm³/mol. The molecule has 0 aliphatic carbocycles. The van der Waals surface area contributed by atoms with Crippen molar-refractivity contribution in [3.8, 4) is 5.69 Å². The lowest BCUT2D eigenvalue weighted by atomic mass is 10.1. The van der Waals surface area contributed by atoms with Gasteiger partial charge in [-0.05, 0) is 31.0 Å². The summed E-state index contributed by atoms with van der Waals surface area (Å²) in [6.45, 7) is 6.23. The number of benzene rings is 1. The molecule has 0 saturated carbocycles. The van der Waals surface area contributed by atoms with Gasteiger partial charge in [0.1, 0.15) is 5.56 Å². The van der Waals surface area contributed by atoms with Gasteiger partial charge in [0, 0.05) is 4.47 Å². The molecular formula is C15H17BrN2O2. The van der Waals surface area contributed by atoms with Gasteiger partial charge in [0.15, 0.2) is 0 Å². The van der Waals surface area contributed by atoms with Crippen LogP contribution in [0.15, 0.2) is 34.9 Å². The molecule has 20 heavy (non-hydrogen) atoms. The van der Waals surface area contributed by atoms with Crippen LogP contribution in [0, 0.1) is 0 Å². The first-order valence-corrected chi connectivity index (χ1v) is 7.34. The summed E-state index contributed by atoms with van der Waals surface area (Å²) in [7, 11) is 0. The van der Waals surface area contributed by atoms with Crippen LogP contribution in [0.5, 0.6) is 0 Å². The van der Waals surface area contributed by atoms with Crippen LogP contribution in [-0.2, 0) is 4.74 Å². The predicted octanol–water partition coefficient (Wildman–Crippen LogP) is 3.93. The second-order valence-electron chi connectivity index (χ2n) is 4.71. The van der Waals surface area contributed by atoms with Crippen molar-refractivity contribution in [3.05, 3.63) is 46.2 Å². The van der Waals surface area contributed by atoms with Gasteiger partial charge in [-0.25, -0.2) is 9.48 Å². The Balaban J connectivity index is 2.52. The second kappa shape index (κ2) is 6.22. The van der Waals surface area contributed by atoms with E-state index in [1.165, 1.54) is 0 Å². The molecule has 0 atom stereocenters. The van der Waals surface area contributed by atoms with Crippen molar-refractivity contribution in [3.63, 3.8) is 0 Å². The normalized spacial score (nSPS) is 10.8. The van der Waals surface area contributed by atoms with Gasteiger partial charge in [-0.1, -0.05) is 35.8 Å². The number of ether oxygens (including phenoxy) is 1. The molecule has 0 unspecified atom stereocenters. The minimum atomic E-state index is -0.322. The van der Waals surface area contributed by atoms with Gasteiger partial charge in [-0.2, -0.15) is 5.10 Å². The fourth-order valence-corrected chi connectivity index (χ4v) is 2.48. The average molecular weight is 337 g/mol. The highest BCUT2D eigenvalue weighted by Gasteiger charge is 2.21. The van der Waals surface area contributed by atoms with E-state index in [0.717, 1.165) is 15.9 Å². The lowest BCUT2D eigenvalue weighted by Gasteiger charge is -2.12. The van der Waals surface area contributed by atoms with E-state index < -0.39 is 0 Å². The Hall–Kier alpha value is -1.62. The first kappa shape index (κ1) is 14.8. The van der Waals surface area contributed by atoms with E-state index in [1.807, 2.05) is 38.1 Å². The first-order valence-electron chi connectivity index (χ1n) is 6.55. The number of nitrogens with zero attached hydrogens (tertiary/aromatic N) is 2. The number of rotatable bonds is 4. The molecule has 0 amide bonds. The number of hydrogen-bond acceptors (Lipinski definition) is 3. The minimum Gasteiger partial charge on any atom is -0.462 e. The van der Waals surface area contributed by atoms with Gasteiger partial charge in [-0.15, -0.1) is 0 Å². The summed E-state index contributed by atoms with van der Waals surface area (Å²) >= 11 is 3.45. The van der Waals surface area contributed by atoms with Crippen molar-refractivity contribution in [2.24, 2.45) is 0 Å². The average Bonchev–Trinajstić information content (AvgIpc) is 2.83. The molecule has 0 aliphatic heterocycles. The van der Waals surface area contributed by atoms with Crippen molar-refractivity contribution in [1.29, 1.82) is 0 Å². The number of carbonyl (C=O) groups excluding carboxylic acids is 1. The van der Waals surface area contributed by atoms with Crippen molar-refractivity contribution in [2.75, 3.05) is 6.61 Å². The molecular weight excluding hydrogens is 320 g/mol. The van der Waals surface area contributed by atoms with E-state index in [-0.39, 0.29) is 11.9 Å². The molecule has 0 N–H and O–H groups in total. The van der Waals surface area contributed by atoms with Crippen LogP contribution in [0.2, 0.25) is 0 Å². The number of hydrogen-bond donors (Lipinski definition) is 0. The fraction of sp³-hybridized carbons (Fsp3) is 0.333. The molecule has 1 aromatic carbocycles. The molecule has 1 heterocycles. The van der Waals surface area contributed by atoms with E-state index in [4.69, 9.17) is 4.74 Å².